The van der Waals surface area contributed by atoms with Gasteiger partial charge in [-0.3, -0.25) is 9.59 Å². The zero-order valence-electron chi connectivity index (χ0n) is 14.7. The van der Waals surface area contributed by atoms with Gasteiger partial charge in [0.1, 0.15) is 11.9 Å². The van der Waals surface area contributed by atoms with Crippen LogP contribution in [0.1, 0.15) is 30.5 Å². The van der Waals surface area contributed by atoms with Gasteiger partial charge in [0.05, 0.1) is 0 Å². The summed E-state index contributed by atoms with van der Waals surface area (Å²) in [4.78, 5) is 26.5. The molecule has 0 saturated carbocycles. The molecule has 2 aromatic rings. The number of amides is 2. The lowest BCUT2D eigenvalue weighted by Gasteiger charge is -2.30. The molecule has 0 unspecified atom stereocenters. The molecule has 0 heterocycles. The Kier molecular flexibility index (Phi) is 7.29. The van der Waals surface area contributed by atoms with E-state index < -0.39 is 6.04 Å². The number of benzene rings is 2. The zero-order valence-corrected chi connectivity index (χ0v) is 14.7. The third-order valence-corrected chi connectivity index (χ3v) is 3.98. The van der Waals surface area contributed by atoms with Gasteiger partial charge in [0.2, 0.25) is 11.8 Å². The summed E-state index contributed by atoms with van der Waals surface area (Å²) < 4.78 is 13.1. The van der Waals surface area contributed by atoms with Crippen molar-refractivity contribution in [3.05, 3.63) is 71.5 Å². The van der Waals surface area contributed by atoms with Gasteiger partial charge in [-0.05, 0) is 29.7 Å². The van der Waals surface area contributed by atoms with Crippen LogP contribution in [0, 0.1) is 5.82 Å². The van der Waals surface area contributed by atoms with E-state index in [1.165, 1.54) is 24.0 Å². The summed E-state index contributed by atoms with van der Waals surface area (Å²) in [6.07, 6.45) is 0.436. The molecule has 0 radical (unpaired) electrons. The van der Waals surface area contributed by atoms with Crippen LogP contribution < -0.4 is 5.32 Å². The highest BCUT2D eigenvalue weighted by atomic mass is 19.1. The van der Waals surface area contributed by atoms with Gasteiger partial charge in [0, 0.05) is 26.6 Å². The minimum absolute atomic E-state index is 0.0255. The maximum atomic E-state index is 13.1. The summed E-state index contributed by atoms with van der Waals surface area (Å²) in [5, 5.41) is 11.7. The van der Waals surface area contributed by atoms with Gasteiger partial charge in [0.15, 0.2) is 0 Å². The first kappa shape index (κ1) is 19.6. The largest absolute Gasteiger partial charge is 0.396 e. The molecule has 0 aliphatic carbocycles. The average molecular weight is 358 g/mol. The lowest BCUT2D eigenvalue weighted by molar-refractivity contribution is -0.140. The first-order valence-electron chi connectivity index (χ1n) is 8.48. The summed E-state index contributed by atoms with van der Waals surface area (Å²) in [5.74, 6) is -0.938. The molecule has 0 saturated heterocycles. The van der Waals surface area contributed by atoms with Crippen molar-refractivity contribution in [1.82, 2.24) is 10.2 Å². The summed E-state index contributed by atoms with van der Waals surface area (Å²) >= 11 is 0. The van der Waals surface area contributed by atoms with Crippen molar-refractivity contribution in [3.63, 3.8) is 0 Å². The molecule has 0 fully saturated rings. The van der Waals surface area contributed by atoms with Gasteiger partial charge in [-0.1, -0.05) is 42.5 Å². The van der Waals surface area contributed by atoms with Crippen LogP contribution in [-0.4, -0.2) is 35.0 Å². The average Bonchev–Trinajstić information content (AvgIpc) is 2.64. The summed E-state index contributed by atoms with van der Waals surface area (Å²) in [7, 11) is 0. The highest BCUT2D eigenvalue weighted by Gasteiger charge is 2.29. The normalized spacial score (nSPS) is 11.7. The van der Waals surface area contributed by atoms with Crippen molar-refractivity contribution in [2.75, 3.05) is 13.2 Å². The third-order valence-electron chi connectivity index (χ3n) is 3.98. The van der Waals surface area contributed by atoms with Crippen LogP contribution in [-0.2, 0) is 16.1 Å². The van der Waals surface area contributed by atoms with E-state index in [0.29, 0.717) is 18.5 Å². The minimum Gasteiger partial charge on any atom is -0.396 e. The molecule has 2 rings (SSSR count). The number of carbonyl (C=O) groups is 2. The third kappa shape index (κ3) is 5.39. The van der Waals surface area contributed by atoms with E-state index in [0.717, 1.165) is 5.56 Å². The van der Waals surface area contributed by atoms with Crippen LogP contribution in [0.3, 0.4) is 0 Å². The predicted octanol–water partition coefficient (Wildman–Crippen LogP) is 2.41. The second-order valence-electron chi connectivity index (χ2n) is 5.95. The van der Waals surface area contributed by atoms with Crippen LogP contribution in [0.4, 0.5) is 4.39 Å². The Morgan fingerprint density at radius 2 is 1.77 bits per heavy atom. The van der Waals surface area contributed by atoms with Crippen LogP contribution in [0.15, 0.2) is 54.6 Å². The van der Waals surface area contributed by atoms with Crippen molar-refractivity contribution in [2.45, 2.75) is 25.9 Å². The number of nitrogens with zero attached hydrogens (tertiary/aromatic N) is 1. The van der Waals surface area contributed by atoms with Crippen molar-refractivity contribution in [3.8, 4) is 0 Å². The van der Waals surface area contributed by atoms with Gasteiger partial charge in [0.25, 0.3) is 0 Å². The van der Waals surface area contributed by atoms with Crippen molar-refractivity contribution < 1.29 is 19.1 Å². The molecule has 5 nitrogen and oxygen atoms in total. The number of carbonyl (C=O) groups excluding carboxylic acids is 2. The fourth-order valence-corrected chi connectivity index (χ4v) is 2.67. The van der Waals surface area contributed by atoms with Gasteiger partial charge in [-0.15, -0.1) is 0 Å². The van der Waals surface area contributed by atoms with Crippen LogP contribution in [0.2, 0.25) is 0 Å². The predicted molar refractivity (Wildman–Crippen MR) is 96.5 cm³/mol. The fraction of sp³-hybridized carbons (Fsp3) is 0.300. The zero-order chi connectivity index (χ0) is 18.9. The number of aliphatic hydroxyl groups is 1. The molecule has 1 atom stereocenters. The fourth-order valence-electron chi connectivity index (χ4n) is 2.67. The number of aliphatic hydroxyl groups excluding tert-OH is 1. The SMILES string of the molecule is CC(=O)N(Cc1ccc(F)cc1)[C@@H](C(=O)NCCCO)c1ccccc1. The van der Waals surface area contributed by atoms with E-state index in [-0.39, 0.29) is 30.8 Å². The van der Waals surface area contributed by atoms with Gasteiger partial charge in [-0.2, -0.15) is 0 Å². The topological polar surface area (TPSA) is 69.6 Å². The lowest BCUT2D eigenvalue weighted by Crippen LogP contribution is -2.43. The number of rotatable bonds is 8. The molecule has 2 aromatic carbocycles. The van der Waals surface area contributed by atoms with E-state index in [1.54, 1.807) is 36.4 Å². The molecule has 0 aromatic heterocycles. The Morgan fingerprint density at radius 3 is 2.35 bits per heavy atom. The smallest absolute Gasteiger partial charge is 0.247 e. The molecular weight excluding hydrogens is 335 g/mol. The van der Waals surface area contributed by atoms with Crippen LogP contribution in [0.5, 0.6) is 0 Å². The van der Waals surface area contributed by atoms with E-state index >= 15 is 0 Å². The maximum Gasteiger partial charge on any atom is 0.247 e. The van der Waals surface area contributed by atoms with E-state index in [4.69, 9.17) is 5.11 Å². The molecule has 0 aliphatic rings. The lowest BCUT2D eigenvalue weighted by atomic mass is 10.0. The Morgan fingerprint density at radius 1 is 1.12 bits per heavy atom. The maximum absolute atomic E-state index is 13.1. The highest BCUT2D eigenvalue weighted by Crippen LogP contribution is 2.24. The van der Waals surface area contributed by atoms with E-state index in [1.807, 2.05) is 6.07 Å². The molecule has 138 valence electrons. The minimum atomic E-state index is -0.808. The molecule has 0 spiro atoms. The van der Waals surface area contributed by atoms with Crippen LogP contribution in [0.25, 0.3) is 0 Å². The molecule has 2 N–H and O–H groups in total. The molecule has 0 aliphatic heterocycles. The van der Waals surface area contributed by atoms with Crippen molar-refractivity contribution in [1.29, 1.82) is 0 Å². The van der Waals surface area contributed by atoms with Crippen molar-refractivity contribution >= 4 is 11.8 Å². The number of halogens is 1. The number of nitrogens with one attached hydrogen (secondary N) is 1. The summed E-state index contributed by atoms with van der Waals surface area (Å²) in [6.45, 7) is 1.88. The standard InChI is InChI=1S/C20H23FN2O3/c1-15(25)23(14-16-8-10-18(21)11-9-16)19(17-6-3-2-4-7-17)20(26)22-12-5-13-24/h2-4,6-11,19,24H,5,12-14H2,1H3,(H,22,26)/t19-/m1/s1. The van der Waals surface area contributed by atoms with Gasteiger partial charge < -0.3 is 15.3 Å². The molecular formula is C20H23FN2O3. The molecule has 6 heteroatoms. The highest BCUT2D eigenvalue weighted by molar-refractivity contribution is 5.88. The number of hydrogen-bond donors (Lipinski definition) is 2. The first-order valence-corrected chi connectivity index (χ1v) is 8.48. The van der Waals surface area contributed by atoms with Gasteiger partial charge in [-0.25, -0.2) is 4.39 Å². The first-order chi connectivity index (χ1) is 12.5. The Hall–Kier alpha value is -2.73. The monoisotopic (exact) mass is 358 g/mol. The molecule has 26 heavy (non-hydrogen) atoms. The Balaban J connectivity index is 2.30. The summed E-state index contributed by atoms with van der Waals surface area (Å²) in [6, 6.07) is 14.1. The summed E-state index contributed by atoms with van der Waals surface area (Å²) in [5.41, 5.74) is 1.41. The molecule has 2 amide bonds. The van der Waals surface area contributed by atoms with Crippen molar-refractivity contribution in [2.24, 2.45) is 0 Å². The number of hydrogen-bond acceptors (Lipinski definition) is 3. The Bertz CT molecular complexity index is 720. The Labute approximate surface area is 152 Å². The molecule has 0 bridgehead atoms. The van der Waals surface area contributed by atoms with Gasteiger partial charge >= 0.3 is 0 Å². The second-order valence-corrected chi connectivity index (χ2v) is 5.95. The van der Waals surface area contributed by atoms with E-state index in [9.17, 15) is 14.0 Å². The van der Waals surface area contributed by atoms with Crippen LogP contribution >= 0.6 is 0 Å². The quantitative estimate of drug-likeness (QED) is 0.712. The second kappa shape index (κ2) is 9.68. The van der Waals surface area contributed by atoms with E-state index in [2.05, 4.69) is 5.32 Å².